The number of nitrogens with one attached hydrogen (secondary N) is 1. The topological polar surface area (TPSA) is 92.4 Å². The van der Waals surface area contributed by atoms with E-state index in [4.69, 9.17) is 10.8 Å². The molecule has 0 heterocycles. The van der Waals surface area contributed by atoms with Crippen LogP contribution in [-0.4, -0.2) is 29.6 Å². The number of carboxylic acid groups (broad SMARTS) is 1. The highest BCUT2D eigenvalue weighted by molar-refractivity contribution is 5.78. The SMILES string of the molecule is CC(N)CCC(=O)NCC(C)(C)C(=O)O. The van der Waals surface area contributed by atoms with Crippen molar-refractivity contribution >= 4 is 11.9 Å². The van der Waals surface area contributed by atoms with Crippen molar-refractivity contribution in [3.8, 4) is 0 Å². The summed E-state index contributed by atoms with van der Waals surface area (Å²) in [7, 11) is 0. The second-order valence-corrected chi connectivity index (χ2v) is 4.48. The maximum Gasteiger partial charge on any atom is 0.310 e. The average molecular weight is 216 g/mol. The molecule has 4 N–H and O–H groups in total. The number of carbonyl (C=O) groups excluding carboxylic acids is 1. The molecule has 5 heteroatoms. The molecule has 1 amide bonds. The molecular weight excluding hydrogens is 196 g/mol. The van der Waals surface area contributed by atoms with Crippen molar-refractivity contribution < 1.29 is 14.7 Å². The van der Waals surface area contributed by atoms with Gasteiger partial charge < -0.3 is 16.2 Å². The van der Waals surface area contributed by atoms with Crippen LogP contribution in [0.15, 0.2) is 0 Å². The van der Waals surface area contributed by atoms with E-state index < -0.39 is 11.4 Å². The van der Waals surface area contributed by atoms with E-state index in [2.05, 4.69) is 5.32 Å². The molecule has 0 spiro atoms. The first-order valence-corrected chi connectivity index (χ1v) is 5.01. The molecule has 0 bridgehead atoms. The number of rotatable bonds is 6. The number of hydrogen-bond acceptors (Lipinski definition) is 3. The summed E-state index contributed by atoms with van der Waals surface area (Å²) in [4.78, 5) is 22.0. The summed E-state index contributed by atoms with van der Waals surface area (Å²) in [6.07, 6.45) is 0.951. The van der Waals surface area contributed by atoms with Crippen LogP contribution < -0.4 is 11.1 Å². The van der Waals surface area contributed by atoms with Crippen molar-refractivity contribution in [1.82, 2.24) is 5.32 Å². The summed E-state index contributed by atoms with van der Waals surface area (Å²) >= 11 is 0. The Labute approximate surface area is 90.0 Å². The van der Waals surface area contributed by atoms with Crippen molar-refractivity contribution in [3.63, 3.8) is 0 Å². The fraction of sp³-hybridized carbons (Fsp3) is 0.800. The van der Waals surface area contributed by atoms with Gasteiger partial charge in [-0.1, -0.05) is 0 Å². The van der Waals surface area contributed by atoms with Gasteiger partial charge in [0.1, 0.15) is 0 Å². The van der Waals surface area contributed by atoms with E-state index in [0.717, 1.165) is 0 Å². The van der Waals surface area contributed by atoms with Crippen LogP contribution in [0, 0.1) is 5.41 Å². The molecule has 1 atom stereocenters. The fourth-order valence-electron chi connectivity index (χ4n) is 0.842. The highest BCUT2D eigenvalue weighted by Crippen LogP contribution is 2.13. The molecule has 0 aliphatic heterocycles. The summed E-state index contributed by atoms with van der Waals surface area (Å²) in [6.45, 7) is 5.11. The Morgan fingerprint density at radius 1 is 1.47 bits per heavy atom. The molecule has 1 unspecified atom stereocenters. The molecule has 0 aromatic rings. The van der Waals surface area contributed by atoms with E-state index >= 15 is 0 Å². The molecule has 0 aliphatic carbocycles. The highest BCUT2D eigenvalue weighted by atomic mass is 16.4. The predicted octanol–water partition coefficient (Wildman–Crippen LogP) is 0.341. The maximum absolute atomic E-state index is 11.3. The zero-order chi connectivity index (χ0) is 12.1. The van der Waals surface area contributed by atoms with E-state index in [9.17, 15) is 9.59 Å². The molecule has 5 nitrogen and oxygen atoms in total. The van der Waals surface area contributed by atoms with E-state index in [1.807, 2.05) is 6.92 Å². The minimum Gasteiger partial charge on any atom is -0.481 e. The number of amides is 1. The van der Waals surface area contributed by atoms with Gasteiger partial charge in [-0.2, -0.15) is 0 Å². The number of hydrogen-bond donors (Lipinski definition) is 3. The zero-order valence-corrected chi connectivity index (χ0v) is 9.54. The standard InChI is InChI=1S/C10H20N2O3/c1-7(11)4-5-8(13)12-6-10(2,3)9(14)15/h7H,4-6,11H2,1-3H3,(H,12,13)(H,14,15). The molecule has 0 radical (unpaired) electrons. The fourth-order valence-corrected chi connectivity index (χ4v) is 0.842. The van der Waals surface area contributed by atoms with E-state index in [0.29, 0.717) is 12.8 Å². The molecule has 0 aromatic heterocycles. The van der Waals surface area contributed by atoms with Gasteiger partial charge in [0.15, 0.2) is 0 Å². The van der Waals surface area contributed by atoms with E-state index in [1.54, 1.807) is 13.8 Å². The monoisotopic (exact) mass is 216 g/mol. The maximum atomic E-state index is 11.3. The van der Waals surface area contributed by atoms with Gasteiger partial charge in [0.25, 0.3) is 0 Å². The van der Waals surface area contributed by atoms with Crippen LogP contribution in [0.4, 0.5) is 0 Å². The third-order valence-electron chi connectivity index (χ3n) is 2.13. The summed E-state index contributed by atoms with van der Waals surface area (Å²) in [6, 6.07) is -0.0109. The van der Waals surface area contributed by atoms with Crippen LogP contribution in [0.1, 0.15) is 33.6 Å². The van der Waals surface area contributed by atoms with Crippen LogP contribution in [0.3, 0.4) is 0 Å². The lowest BCUT2D eigenvalue weighted by atomic mass is 9.94. The Hall–Kier alpha value is -1.10. The van der Waals surface area contributed by atoms with Gasteiger partial charge in [0.05, 0.1) is 5.41 Å². The summed E-state index contributed by atoms with van der Waals surface area (Å²) in [5.74, 6) is -1.07. The minimum atomic E-state index is -0.927. The van der Waals surface area contributed by atoms with Gasteiger partial charge in [-0.15, -0.1) is 0 Å². The first-order chi connectivity index (χ1) is 6.75. The molecule has 0 saturated carbocycles. The van der Waals surface area contributed by atoms with E-state index in [-0.39, 0.29) is 18.5 Å². The van der Waals surface area contributed by atoms with Gasteiger partial charge in [0, 0.05) is 19.0 Å². The molecule has 88 valence electrons. The van der Waals surface area contributed by atoms with Crippen molar-refractivity contribution in [2.24, 2.45) is 11.1 Å². The summed E-state index contributed by atoms with van der Waals surface area (Å²) in [5.41, 5.74) is 4.57. The number of carbonyl (C=O) groups is 2. The van der Waals surface area contributed by atoms with Crippen molar-refractivity contribution in [3.05, 3.63) is 0 Å². The highest BCUT2D eigenvalue weighted by Gasteiger charge is 2.27. The second-order valence-electron chi connectivity index (χ2n) is 4.48. The largest absolute Gasteiger partial charge is 0.481 e. The van der Waals surface area contributed by atoms with Crippen LogP contribution in [0.5, 0.6) is 0 Å². The third kappa shape index (κ3) is 6.06. The van der Waals surface area contributed by atoms with Crippen molar-refractivity contribution in [2.75, 3.05) is 6.54 Å². The lowest BCUT2D eigenvalue weighted by molar-refractivity contribution is -0.146. The molecule has 0 aliphatic rings. The first-order valence-electron chi connectivity index (χ1n) is 5.01. The Bertz CT molecular complexity index is 237. The molecule has 0 aromatic carbocycles. The van der Waals surface area contributed by atoms with Crippen molar-refractivity contribution in [2.45, 2.75) is 39.7 Å². The minimum absolute atomic E-state index is 0.0109. The van der Waals surface area contributed by atoms with Gasteiger partial charge in [-0.3, -0.25) is 9.59 Å². The normalized spacial score (nSPS) is 13.3. The molecule has 0 rings (SSSR count). The van der Waals surface area contributed by atoms with E-state index in [1.165, 1.54) is 0 Å². The first kappa shape index (κ1) is 13.9. The van der Waals surface area contributed by atoms with Crippen LogP contribution in [-0.2, 0) is 9.59 Å². The predicted molar refractivity (Wildman–Crippen MR) is 57.3 cm³/mol. The Balaban J connectivity index is 3.85. The van der Waals surface area contributed by atoms with Gasteiger partial charge in [-0.05, 0) is 27.2 Å². The second kappa shape index (κ2) is 5.70. The van der Waals surface area contributed by atoms with Gasteiger partial charge in [-0.25, -0.2) is 0 Å². The molecule has 15 heavy (non-hydrogen) atoms. The van der Waals surface area contributed by atoms with Crippen molar-refractivity contribution in [1.29, 1.82) is 0 Å². The quantitative estimate of drug-likeness (QED) is 0.597. The zero-order valence-electron chi connectivity index (χ0n) is 9.54. The Kier molecular flexibility index (Phi) is 5.28. The number of nitrogens with two attached hydrogens (primary N) is 1. The Morgan fingerprint density at radius 3 is 2.40 bits per heavy atom. The average Bonchev–Trinajstić information content (AvgIpc) is 2.11. The molecule has 0 saturated heterocycles. The molecule has 0 fully saturated rings. The lowest BCUT2D eigenvalue weighted by Crippen LogP contribution is -2.39. The summed E-state index contributed by atoms with van der Waals surface area (Å²) < 4.78 is 0. The lowest BCUT2D eigenvalue weighted by Gasteiger charge is -2.19. The van der Waals surface area contributed by atoms with Gasteiger partial charge in [0.2, 0.25) is 5.91 Å². The van der Waals surface area contributed by atoms with Crippen LogP contribution in [0.2, 0.25) is 0 Å². The number of aliphatic carboxylic acids is 1. The third-order valence-corrected chi connectivity index (χ3v) is 2.13. The van der Waals surface area contributed by atoms with Gasteiger partial charge >= 0.3 is 5.97 Å². The molecular formula is C10H20N2O3. The van der Waals surface area contributed by atoms with Crippen LogP contribution >= 0.6 is 0 Å². The number of carboxylic acids is 1. The summed E-state index contributed by atoms with van der Waals surface area (Å²) in [5, 5.41) is 11.4. The van der Waals surface area contributed by atoms with Crippen LogP contribution in [0.25, 0.3) is 0 Å². The Morgan fingerprint density at radius 2 is 2.00 bits per heavy atom. The smallest absolute Gasteiger partial charge is 0.310 e.